The van der Waals surface area contributed by atoms with Crippen LogP contribution in [-0.2, 0) is 4.79 Å². The molecule has 0 unspecified atom stereocenters. The lowest BCUT2D eigenvalue weighted by Crippen LogP contribution is -2.25. The average Bonchev–Trinajstić information content (AvgIpc) is 2.61. The van der Waals surface area contributed by atoms with E-state index in [0.29, 0.717) is 19.5 Å². The second-order valence-corrected chi connectivity index (χ2v) is 3.79. The van der Waals surface area contributed by atoms with Crippen molar-refractivity contribution < 1.29 is 9.18 Å². The second-order valence-electron chi connectivity index (χ2n) is 3.79. The Hall–Kier alpha value is -1.42. The summed E-state index contributed by atoms with van der Waals surface area (Å²) in [6, 6.07) is 5.95. The molecule has 1 heterocycles. The highest BCUT2D eigenvalue weighted by Crippen LogP contribution is 2.24. The molecule has 1 fully saturated rings. The van der Waals surface area contributed by atoms with Crippen LogP contribution in [0.1, 0.15) is 6.42 Å². The lowest BCUT2D eigenvalue weighted by atomic mass is 10.1. The number of hydrogen-bond acceptors (Lipinski definition) is 2. The number of carbonyl (C=O) groups is 1. The van der Waals surface area contributed by atoms with Crippen LogP contribution in [0.5, 0.6) is 0 Å². The monoisotopic (exact) mass is 208 g/mol. The van der Waals surface area contributed by atoms with Crippen molar-refractivity contribution in [3.8, 4) is 0 Å². The van der Waals surface area contributed by atoms with Crippen molar-refractivity contribution >= 4 is 11.6 Å². The van der Waals surface area contributed by atoms with Gasteiger partial charge < -0.3 is 10.6 Å². The van der Waals surface area contributed by atoms with Crippen molar-refractivity contribution in [3.63, 3.8) is 0 Å². The number of anilines is 1. The number of hydrogen-bond donors (Lipinski definition) is 1. The van der Waals surface area contributed by atoms with Crippen molar-refractivity contribution in [2.75, 3.05) is 18.0 Å². The molecule has 3 nitrogen and oxygen atoms in total. The van der Waals surface area contributed by atoms with Gasteiger partial charge in [-0.1, -0.05) is 0 Å². The first-order chi connectivity index (χ1) is 7.20. The smallest absolute Gasteiger partial charge is 0.227 e. The zero-order chi connectivity index (χ0) is 10.8. The van der Waals surface area contributed by atoms with Crippen LogP contribution in [0.4, 0.5) is 10.1 Å². The molecule has 1 aliphatic heterocycles. The van der Waals surface area contributed by atoms with Gasteiger partial charge in [0.25, 0.3) is 0 Å². The summed E-state index contributed by atoms with van der Waals surface area (Å²) in [5, 5.41) is 0. The minimum atomic E-state index is -0.291. The summed E-state index contributed by atoms with van der Waals surface area (Å²) < 4.78 is 12.7. The van der Waals surface area contributed by atoms with Crippen molar-refractivity contribution in [2.45, 2.75) is 6.42 Å². The Kier molecular flexibility index (Phi) is 2.68. The van der Waals surface area contributed by atoms with Crippen LogP contribution >= 0.6 is 0 Å². The Labute approximate surface area is 87.7 Å². The standard InChI is InChI=1S/C11H13FN2O/c12-9-1-3-10(4-2-9)14-7-8(6-13)5-11(14)15/h1-4,8H,5-7,13H2/t8-/m0/s1. The summed E-state index contributed by atoms with van der Waals surface area (Å²) in [4.78, 5) is 13.3. The van der Waals surface area contributed by atoms with Crippen LogP contribution in [0.25, 0.3) is 0 Å². The summed E-state index contributed by atoms with van der Waals surface area (Å²) in [6.07, 6.45) is 0.494. The Morgan fingerprint density at radius 1 is 1.40 bits per heavy atom. The number of benzene rings is 1. The van der Waals surface area contributed by atoms with E-state index in [0.717, 1.165) is 5.69 Å². The van der Waals surface area contributed by atoms with Crippen LogP contribution < -0.4 is 10.6 Å². The molecule has 0 aromatic heterocycles. The third kappa shape index (κ3) is 1.99. The number of halogens is 1. The van der Waals surface area contributed by atoms with Crippen molar-refractivity contribution in [2.24, 2.45) is 11.7 Å². The molecule has 2 N–H and O–H groups in total. The van der Waals surface area contributed by atoms with Crippen molar-refractivity contribution in [1.29, 1.82) is 0 Å². The predicted octanol–water partition coefficient (Wildman–Crippen LogP) is 1.14. The predicted molar refractivity (Wildman–Crippen MR) is 55.9 cm³/mol. The van der Waals surface area contributed by atoms with Gasteiger partial charge in [-0.3, -0.25) is 4.79 Å². The van der Waals surface area contributed by atoms with Crippen LogP contribution in [-0.4, -0.2) is 19.0 Å². The minimum Gasteiger partial charge on any atom is -0.330 e. The van der Waals surface area contributed by atoms with E-state index in [1.54, 1.807) is 17.0 Å². The Balaban J connectivity index is 2.18. The molecule has 2 rings (SSSR count). The molecule has 0 saturated carbocycles. The van der Waals surface area contributed by atoms with Crippen LogP contribution in [0.3, 0.4) is 0 Å². The topological polar surface area (TPSA) is 46.3 Å². The number of nitrogens with zero attached hydrogens (tertiary/aromatic N) is 1. The third-order valence-corrected chi connectivity index (χ3v) is 2.68. The summed E-state index contributed by atoms with van der Waals surface area (Å²) in [5.74, 6) is 0.000354. The minimum absolute atomic E-state index is 0.0667. The lowest BCUT2D eigenvalue weighted by Gasteiger charge is -2.16. The maximum Gasteiger partial charge on any atom is 0.227 e. The quantitative estimate of drug-likeness (QED) is 0.792. The van der Waals surface area contributed by atoms with Crippen molar-refractivity contribution in [1.82, 2.24) is 0 Å². The van der Waals surface area contributed by atoms with E-state index in [-0.39, 0.29) is 17.6 Å². The number of rotatable bonds is 2. The molecule has 1 amide bonds. The zero-order valence-electron chi connectivity index (χ0n) is 8.32. The average molecular weight is 208 g/mol. The molecule has 0 spiro atoms. The fourth-order valence-corrected chi connectivity index (χ4v) is 1.81. The molecule has 0 aliphatic carbocycles. The molecule has 1 aromatic rings. The second kappa shape index (κ2) is 3.98. The molecule has 1 aromatic carbocycles. The molecular weight excluding hydrogens is 195 g/mol. The number of carbonyl (C=O) groups excluding carboxylic acids is 1. The zero-order valence-corrected chi connectivity index (χ0v) is 8.32. The van der Waals surface area contributed by atoms with E-state index >= 15 is 0 Å². The van der Waals surface area contributed by atoms with E-state index in [2.05, 4.69) is 0 Å². The van der Waals surface area contributed by atoms with Crippen molar-refractivity contribution in [3.05, 3.63) is 30.1 Å². The Morgan fingerprint density at radius 2 is 2.07 bits per heavy atom. The highest BCUT2D eigenvalue weighted by atomic mass is 19.1. The normalized spacial score (nSPS) is 21.1. The summed E-state index contributed by atoms with van der Waals surface area (Å²) in [7, 11) is 0. The number of amides is 1. The first kappa shape index (κ1) is 10.1. The van der Waals surface area contributed by atoms with Gasteiger partial charge >= 0.3 is 0 Å². The fourth-order valence-electron chi connectivity index (χ4n) is 1.81. The molecule has 0 bridgehead atoms. The first-order valence-electron chi connectivity index (χ1n) is 4.96. The van der Waals surface area contributed by atoms with Gasteiger partial charge in [0.1, 0.15) is 5.82 Å². The summed E-state index contributed by atoms with van der Waals surface area (Å²) in [6.45, 7) is 1.16. The maximum atomic E-state index is 12.7. The van der Waals surface area contributed by atoms with E-state index < -0.39 is 0 Å². The summed E-state index contributed by atoms with van der Waals surface area (Å²) >= 11 is 0. The molecule has 4 heteroatoms. The van der Waals surface area contributed by atoms with Crippen LogP contribution in [0, 0.1) is 11.7 Å². The molecule has 1 atom stereocenters. The van der Waals surface area contributed by atoms with Crippen LogP contribution in [0.15, 0.2) is 24.3 Å². The van der Waals surface area contributed by atoms with Gasteiger partial charge in [-0.25, -0.2) is 4.39 Å². The Morgan fingerprint density at radius 3 is 2.60 bits per heavy atom. The Bertz CT molecular complexity index is 363. The number of nitrogens with two attached hydrogens (primary N) is 1. The molecule has 80 valence electrons. The fraction of sp³-hybridized carbons (Fsp3) is 0.364. The SMILES string of the molecule is NC[C@@H]1CC(=O)N(c2ccc(F)cc2)C1. The molecule has 15 heavy (non-hydrogen) atoms. The maximum absolute atomic E-state index is 12.7. The van der Waals surface area contributed by atoms with E-state index in [9.17, 15) is 9.18 Å². The molecular formula is C11H13FN2O. The first-order valence-corrected chi connectivity index (χ1v) is 4.96. The molecule has 1 aliphatic rings. The third-order valence-electron chi connectivity index (χ3n) is 2.68. The van der Waals surface area contributed by atoms with Gasteiger partial charge in [0.15, 0.2) is 0 Å². The molecule has 1 saturated heterocycles. The molecule has 0 radical (unpaired) electrons. The highest BCUT2D eigenvalue weighted by molar-refractivity contribution is 5.95. The van der Waals surface area contributed by atoms with E-state index in [1.165, 1.54) is 12.1 Å². The lowest BCUT2D eigenvalue weighted by molar-refractivity contribution is -0.117. The van der Waals surface area contributed by atoms with Gasteiger partial charge in [0, 0.05) is 18.7 Å². The van der Waals surface area contributed by atoms with E-state index in [1.807, 2.05) is 0 Å². The van der Waals surface area contributed by atoms with Gasteiger partial charge in [-0.05, 0) is 36.7 Å². The van der Waals surface area contributed by atoms with Gasteiger partial charge in [0.2, 0.25) is 5.91 Å². The van der Waals surface area contributed by atoms with Gasteiger partial charge in [0.05, 0.1) is 0 Å². The largest absolute Gasteiger partial charge is 0.330 e. The summed E-state index contributed by atoms with van der Waals surface area (Å²) in [5.41, 5.74) is 6.27. The van der Waals surface area contributed by atoms with Gasteiger partial charge in [-0.15, -0.1) is 0 Å². The van der Waals surface area contributed by atoms with Gasteiger partial charge in [-0.2, -0.15) is 0 Å². The van der Waals surface area contributed by atoms with Crippen LogP contribution in [0.2, 0.25) is 0 Å². The highest BCUT2D eigenvalue weighted by Gasteiger charge is 2.29. The van der Waals surface area contributed by atoms with E-state index in [4.69, 9.17) is 5.73 Å².